The van der Waals surface area contributed by atoms with Crippen molar-refractivity contribution in [3.05, 3.63) is 0 Å². The van der Waals surface area contributed by atoms with Crippen LogP contribution in [0.1, 0.15) is 33.6 Å². The number of rotatable bonds is 6. The van der Waals surface area contributed by atoms with Gasteiger partial charge in [0.2, 0.25) is 0 Å². The number of alkyl carbamates (subject to hydrolysis) is 1. The zero-order valence-electron chi connectivity index (χ0n) is 12.4. The molecular weight excluding hydrogens is 264 g/mol. The van der Waals surface area contributed by atoms with Crippen LogP contribution in [0.15, 0.2) is 4.99 Å². The first-order valence-corrected chi connectivity index (χ1v) is 6.34. The van der Waals surface area contributed by atoms with Gasteiger partial charge in [0.05, 0.1) is 0 Å². The number of hydrogen-bond acceptors (Lipinski definition) is 4. The molecule has 0 aliphatic heterocycles. The Morgan fingerprint density at radius 2 is 2.00 bits per heavy atom. The lowest BCUT2D eigenvalue weighted by atomic mass is 10.1. The van der Waals surface area contributed by atoms with Gasteiger partial charge in [-0.2, -0.15) is 0 Å². The summed E-state index contributed by atoms with van der Waals surface area (Å²) in [6, 6.07) is -0.994. The molecule has 0 rings (SSSR count). The Bertz CT molecular complexity index is 363. The maximum atomic E-state index is 11.5. The van der Waals surface area contributed by atoms with Crippen molar-refractivity contribution in [3.8, 4) is 0 Å². The van der Waals surface area contributed by atoms with E-state index in [-0.39, 0.29) is 12.4 Å². The molecule has 0 heterocycles. The Balaban J connectivity index is 4.18. The van der Waals surface area contributed by atoms with E-state index in [9.17, 15) is 9.59 Å². The average Bonchev–Trinajstić information content (AvgIpc) is 2.29. The number of carbonyl (C=O) groups is 2. The minimum absolute atomic E-state index is 0.262. The minimum atomic E-state index is -1.10. The van der Waals surface area contributed by atoms with Crippen LogP contribution < -0.4 is 16.4 Å². The van der Waals surface area contributed by atoms with Crippen LogP contribution in [0.4, 0.5) is 4.79 Å². The lowest BCUT2D eigenvalue weighted by Crippen LogP contribution is -2.44. The molecule has 0 aliphatic rings. The number of aliphatic imine (C=N–C) groups is 1. The highest BCUT2D eigenvalue weighted by Gasteiger charge is 2.23. The summed E-state index contributed by atoms with van der Waals surface area (Å²) in [6.07, 6.45) is 0.0363. The van der Waals surface area contributed by atoms with E-state index in [4.69, 9.17) is 15.6 Å². The quantitative estimate of drug-likeness (QED) is 0.316. The van der Waals surface area contributed by atoms with E-state index in [2.05, 4.69) is 15.6 Å². The van der Waals surface area contributed by atoms with E-state index in [0.29, 0.717) is 13.0 Å². The fourth-order valence-electron chi connectivity index (χ4n) is 1.31. The third-order valence-corrected chi connectivity index (χ3v) is 2.21. The Hall–Kier alpha value is -1.99. The third kappa shape index (κ3) is 9.01. The zero-order chi connectivity index (χ0) is 15.8. The Kier molecular flexibility index (Phi) is 7.42. The molecule has 5 N–H and O–H groups in total. The van der Waals surface area contributed by atoms with Gasteiger partial charge in [0.1, 0.15) is 11.6 Å². The number of amides is 1. The summed E-state index contributed by atoms with van der Waals surface area (Å²) in [5.41, 5.74) is 4.77. The van der Waals surface area contributed by atoms with Gasteiger partial charge in [-0.25, -0.2) is 9.59 Å². The summed E-state index contributed by atoms with van der Waals surface area (Å²) in [6.45, 7) is 5.60. The van der Waals surface area contributed by atoms with Crippen molar-refractivity contribution in [2.75, 3.05) is 13.6 Å². The van der Waals surface area contributed by atoms with Gasteiger partial charge in [-0.3, -0.25) is 4.99 Å². The minimum Gasteiger partial charge on any atom is -0.480 e. The standard InChI is InChI=1S/C12H24N4O4/c1-12(2,3)20-11(19)16-8(9(17)18)6-5-7-15-10(13)14-4/h8H,5-7H2,1-4H3,(H,16,19)(H,17,18)(H3,13,14,15)/t8-/m1/s1. The smallest absolute Gasteiger partial charge is 0.408 e. The molecule has 0 saturated heterocycles. The lowest BCUT2D eigenvalue weighted by Gasteiger charge is -2.22. The number of nitrogens with zero attached hydrogens (tertiary/aromatic N) is 1. The molecule has 8 heteroatoms. The van der Waals surface area contributed by atoms with Crippen molar-refractivity contribution in [2.45, 2.75) is 45.3 Å². The zero-order valence-corrected chi connectivity index (χ0v) is 12.4. The molecule has 0 fully saturated rings. The first-order chi connectivity index (χ1) is 9.15. The SMILES string of the molecule is CN=C(N)NCCC[C@@H](NC(=O)OC(C)(C)C)C(=O)O. The number of carboxylic acids is 1. The normalized spacial score (nSPS) is 13.5. The van der Waals surface area contributed by atoms with Crippen LogP contribution in [0, 0.1) is 0 Å². The number of aliphatic carboxylic acids is 1. The highest BCUT2D eigenvalue weighted by atomic mass is 16.6. The highest BCUT2D eigenvalue weighted by Crippen LogP contribution is 2.07. The Labute approximate surface area is 118 Å². The fourth-order valence-corrected chi connectivity index (χ4v) is 1.31. The lowest BCUT2D eigenvalue weighted by molar-refractivity contribution is -0.139. The molecule has 0 bridgehead atoms. The number of guanidine groups is 1. The molecule has 116 valence electrons. The van der Waals surface area contributed by atoms with E-state index >= 15 is 0 Å². The van der Waals surface area contributed by atoms with Crippen molar-refractivity contribution >= 4 is 18.0 Å². The number of nitrogens with two attached hydrogens (primary N) is 1. The molecule has 20 heavy (non-hydrogen) atoms. The van der Waals surface area contributed by atoms with E-state index < -0.39 is 23.7 Å². The molecule has 1 atom stereocenters. The fraction of sp³-hybridized carbons (Fsp3) is 0.750. The van der Waals surface area contributed by atoms with Crippen molar-refractivity contribution in [2.24, 2.45) is 10.7 Å². The summed E-state index contributed by atoms with van der Waals surface area (Å²) >= 11 is 0. The summed E-state index contributed by atoms with van der Waals surface area (Å²) in [7, 11) is 1.55. The van der Waals surface area contributed by atoms with Crippen molar-refractivity contribution in [3.63, 3.8) is 0 Å². The maximum Gasteiger partial charge on any atom is 0.408 e. The van der Waals surface area contributed by atoms with Crippen molar-refractivity contribution in [1.29, 1.82) is 0 Å². The summed E-state index contributed by atoms with van der Waals surface area (Å²) < 4.78 is 5.01. The maximum absolute atomic E-state index is 11.5. The van der Waals surface area contributed by atoms with Crippen LogP contribution >= 0.6 is 0 Å². The predicted molar refractivity (Wildman–Crippen MR) is 75.6 cm³/mol. The van der Waals surface area contributed by atoms with Crippen LogP contribution in [0.25, 0.3) is 0 Å². The topological polar surface area (TPSA) is 126 Å². The van der Waals surface area contributed by atoms with Crippen LogP contribution in [-0.2, 0) is 9.53 Å². The molecule has 0 unspecified atom stereocenters. The molecule has 0 aliphatic carbocycles. The van der Waals surface area contributed by atoms with Crippen molar-refractivity contribution < 1.29 is 19.4 Å². The predicted octanol–water partition coefficient (Wildman–Crippen LogP) is 0.279. The van der Waals surface area contributed by atoms with Gasteiger partial charge in [0, 0.05) is 13.6 Å². The van der Waals surface area contributed by atoms with Crippen LogP contribution in [0.5, 0.6) is 0 Å². The van der Waals surface area contributed by atoms with E-state index in [1.165, 1.54) is 0 Å². The molecule has 0 aromatic heterocycles. The second-order valence-corrected chi connectivity index (χ2v) is 5.21. The summed E-state index contributed by atoms with van der Waals surface area (Å²) in [5, 5.41) is 14.2. The number of carbonyl (C=O) groups excluding carboxylic acids is 1. The molecular formula is C12H24N4O4. The number of carboxylic acid groups (broad SMARTS) is 1. The van der Waals surface area contributed by atoms with Crippen molar-refractivity contribution in [1.82, 2.24) is 10.6 Å². The number of ether oxygens (including phenoxy) is 1. The number of nitrogens with one attached hydrogen (secondary N) is 2. The first-order valence-electron chi connectivity index (χ1n) is 6.34. The van der Waals surface area contributed by atoms with E-state index in [0.717, 1.165) is 0 Å². The highest BCUT2D eigenvalue weighted by molar-refractivity contribution is 5.80. The van der Waals surface area contributed by atoms with Gasteiger partial charge in [-0.1, -0.05) is 0 Å². The first kappa shape index (κ1) is 18.0. The largest absolute Gasteiger partial charge is 0.480 e. The van der Waals surface area contributed by atoms with Gasteiger partial charge in [0.25, 0.3) is 0 Å². The Morgan fingerprint density at radius 3 is 2.45 bits per heavy atom. The van der Waals surface area contributed by atoms with E-state index in [1.54, 1.807) is 27.8 Å². The Morgan fingerprint density at radius 1 is 1.40 bits per heavy atom. The molecule has 1 amide bonds. The monoisotopic (exact) mass is 288 g/mol. The molecule has 0 spiro atoms. The second-order valence-electron chi connectivity index (χ2n) is 5.21. The molecule has 0 aromatic rings. The summed E-state index contributed by atoms with van der Waals surface area (Å²) in [4.78, 5) is 26.3. The average molecular weight is 288 g/mol. The van der Waals surface area contributed by atoms with Gasteiger partial charge in [-0.05, 0) is 33.6 Å². The summed E-state index contributed by atoms with van der Waals surface area (Å²) in [5.74, 6) is -0.815. The second kappa shape index (κ2) is 8.23. The van der Waals surface area contributed by atoms with Crippen LogP contribution in [0.3, 0.4) is 0 Å². The molecule has 0 radical (unpaired) electrons. The molecule has 8 nitrogen and oxygen atoms in total. The molecule has 0 saturated carbocycles. The van der Waals surface area contributed by atoms with E-state index in [1.807, 2.05) is 0 Å². The van der Waals surface area contributed by atoms with Gasteiger partial charge in [0.15, 0.2) is 5.96 Å². The van der Waals surface area contributed by atoms with Crippen LogP contribution in [-0.4, -0.2) is 48.4 Å². The van der Waals surface area contributed by atoms with Crippen LogP contribution in [0.2, 0.25) is 0 Å². The van der Waals surface area contributed by atoms with Gasteiger partial charge < -0.3 is 26.2 Å². The van der Waals surface area contributed by atoms with Gasteiger partial charge in [-0.15, -0.1) is 0 Å². The third-order valence-electron chi connectivity index (χ3n) is 2.21. The van der Waals surface area contributed by atoms with Gasteiger partial charge >= 0.3 is 12.1 Å². The number of hydrogen-bond donors (Lipinski definition) is 4. The molecule has 0 aromatic carbocycles.